The van der Waals surface area contributed by atoms with E-state index in [4.69, 9.17) is 5.11 Å². The highest BCUT2D eigenvalue weighted by Crippen LogP contribution is 2.33. The Morgan fingerprint density at radius 2 is 2.06 bits per heavy atom. The molecule has 0 fully saturated rings. The molecule has 1 aromatic rings. The van der Waals surface area contributed by atoms with Crippen LogP contribution < -0.4 is 0 Å². The van der Waals surface area contributed by atoms with Crippen LogP contribution >= 0.6 is 0 Å². The van der Waals surface area contributed by atoms with Crippen molar-refractivity contribution < 1.29 is 27.9 Å². The summed E-state index contributed by atoms with van der Waals surface area (Å²) in [5, 5.41) is 8.67. The molecule has 0 amide bonds. The molecular weight excluding hydrogens is 249 g/mol. The molecule has 18 heavy (non-hydrogen) atoms. The number of carboxylic acids is 1. The molecule has 0 aliphatic heterocycles. The van der Waals surface area contributed by atoms with Crippen molar-refractivity contribution in [1.82, 2.24) is 0 Å². The number of aldehydes is 1. The number of carbonyl (C=O) groups is 2. The molecule has 3 nitrogen and oxygen atoms in total. The third kappa shape index (κ3) is 3.32. The Morgan fingerprint density at radius 1 is 1.44 bits per heavy atom. The van der Waals surface area contributed by atoms with Crippen LogP contribution in [0.3, 0.4) is 0 Å². The summed E-state index contributed by atoms with van der Waals surface area (Å²) >= 11 is 0. The molecule has 0 aromatic heterocycles. The highest BCUT2D eigenvalue weighted by molar-refractivity contribution is 5.88. The van der Waals surface area contributed by atoms with Crippen LogP contribution in [-0.2, 0) is 17.4 Å². The van der Waals surface area contributed by atoms with Crippen molar-refractivity contribution in [3.8, 4) is 0 Å². The average Bonchev–Trinajstić information content (AvgIpc) is 2.27. The fourth-order valence-corrected chi connectivity index (χ4v) is 1.55. The fraction of sp³-hybridized carbons (Fsp3) is 0.333. The number of aromatic carboxylic acids is 1. The first-order valence-corrected chi connectivity index (χ1v) is 5.14. The van der Waals surface area contributed by atoms with Crippen LogP contribution in [0.2, 0.25) is 0 Å². The molecular formula is C12H11F3O3. The summed E-state index contributed by atoms with van der Waals surface area (Å²) in [5.74, 6) is -1.97. The molecule has 1 rings (SSSR count). The van der Waals surface area contributed by atoms with Crippen molar-refractivity contribution in [1.29, 1.82) is 0 Å². The summed E-state index contributed by atoms with van der Waals surface area (Å²) in [6, 6.07) is 2.80. The normalized spacial score (nSPS) is 13.1. The van der Waals surface area contributed by atoms with Gasteiger partial charge in [-0.25, -0.2) is 4.79 Å². The monoisotopic (exact) mass is 260 g/mol. The second kappa shape index (κ2) is 5.20. The maximum atomic E-state index is 12.8. The van der Waals surface area contributed by atoms with Crippen molar-refractivity contribution >= 4 is 12.3 Å². The Hall–Kier alpha value is -1.85. The Bertz CT molecular complexity index is 466. The molecule has 1 unspecified atom stereocenters. The van der Waals surface area contributed by atoms with E-state index in [1.54, 1.807) is 0 Å². The number of carboxylic acid groups (broad SMARTS) is 1. The van der Waals surface area contributed by atoms with Crippen LogP contribution in [0.15, 0.2) is 18.2 Å². The lowest BCUT2D eigenvalue weighted by Crippen LogP contribution is -2.13. The number of carbonyl (C=O) groups excluding carboxylic acids is 1. The number of hydrogen-bond acceptors (Lipinski definition) is 2. The van der Waals surface area contributed by atoms with Gasteiger partial charge in [0, 0.05) is 5.92 Å². The zero-order chi connectivity index (χ0) is 13.9. The molecule has 0 aliphatic carbocycles. The van der Waals surface area contributed by atoms with E-state index in [1.807, 2.05) is 0 Å². The van der Waals surface area contributed by atoms with E-state index in [9.17, 15) is 22.8 Å². The van der Waals surface area contributed by atoms with E-state index in [2.05, 4.69) is 0 Å². The van der Waals surface area contributed by atoms with E-state index in [-0.39, 0.29) is 12.0 Å². The molecule has 0 aliphatic rings. The molecule has 0 heterocycles. The van der Waals surface area contributed by atoms with Crippen molar-refractivity contribution in [2.24, 2.45) is 5.92 Å². The van der Waals surface area contributed by atoms with Crippen LogP contribution in [-0.4, -0.2) is 17.4 Å². The van der Waals surface area contributed by atoms with Crippen LogP contribution in [0, 0.1) is 5.92 Å². The van der Waals surface area contributed by atoms with Crippen molar-refractivity contribution in [3.05, 3.63) is 34.9 Å². The van der Waals surface area contributed by atoms with Gasteiger partial charge in [-0.15, -0.1) is 0 Å². The van der Waals surface area contributed by atoms with Gasteiger partial charge in [0.2, 0.25) is 0 Å². The summed E-state index contributed by atoms with van der Waals surface area (Å²) in [6.45, 7) is 1.50. The average molecular weight is 260 g/mol. The highest BCUT2D eigenvalue weighted by atomic mass is 19.4. The van der Waals surface area contributed by atoms with Gasteiger partial charge in [0.05, 0.1) is 11.1 Å². The van der Waals surface area contributed by atoms with Gasteiger partial charge in [0.25, 0.3) is 0 Å². The molecule has 1 N–H and O–H groups in total. The van der Waals surface area contributed by atoms with Crippen LogP contribution in [0.1, 0.15) is 28.4 Å². The summed E-state index contributed by atoms with van der Waals surface area (Å²) in [7, 11) is 0. The predicted octanol–water partition coefficient (Wildman–Crippen LogP) is 2.78. The number of alkyl halides is 3. The van der Waals surface area contributed by atoms with Crippen LogP contribution in [0.25, 0.3) is 0 Å². The summed E-state index contributed by atoms with van der Waals surface area (Å²) in [5.41, 5.74) is -1.51. The minimum atomic E-state index is -4.64. The molecule has 1 atom stereocenters. The second-order valence-electron chi connectivity index (χ2n) is 3.99. The lowest BCUT2D eigenvalue weighted by molar-refractivity contribution is -0.138. The predicted molar refractivity (Wildman–Crippen MR) is 57.3 cm³/mol. The topological polar surface area (TPSA) is 54.4 Å². The Labute approximate surface area is 101 Å². The van der Waals surface area contributed by atoms with Crippen molar-refractivity contribution in [2.45, 2.75) is 19.5 Å². The van der Waals surface area contributed by atoms with E-state index in [0.717, 1.165) is 12.1 Å². The maximum absolute atomic E-state index is 12.8. The third-order valence-electron chi connectivity index (χ3n) is 2.44. The molecule has 0 radical (unpaired) electrons. The zero-order valence-corrected chi connectivity index (χ0v) is 9.49. The first-order chi connectivity index (χ1) is 8.25. The van der Waals surface area contributed by atoms with E-state index in [1.165, 1.54) is 6.92 Å². The standard InChI is InChI=1S/C12H11F3O3/c1-7(6-16)4-8-2-3-9(11(17)18)5-10(8)12(13,14)15/h2-3,5-7H,4H2,1H3,(H,17,18). The summed E-state index contributed by atoms with van der Waals surface area (Å²) < 4.78 is 38.3. The molecule has 0 bridgehead atoms. The largest absolute Gasteiger partial charge is 0.478 e. The number of hydrogen-bond donors (Lipinski definition) is 1. The van der Waals surface area contributed by atoms with Gasteiger partial charge in [0.1, 0.15) is 6.29 Å². The first-order valence-electron chi connectivity index (χ1n) is 5.14. The molecule has 0 spiro atoms. The van der Waals surface area contributed by atoms with E-state index < -0.39 is 29.2 Å². The fourth-order valence-electron chi connectivity index (χ4n) is 1.55. The highest BCUT2D eigenvalue weighted by Gasteiger charge is 2.34. The van der Waals surface area contributed by atoms with Gasteiger partial charge >= 0.3 is 12.1 Å². The molecule has 6 heteroatoms. The quantitative estimate of drug-likeness (QED) is 0.847. The SMILES string of the molecule is CC(C=O)Cc1ccc(C(=O)O)cc1C(F)(F)F. The smallest absolute Gasteiger partial charge is 0.416 e. The molecule has 0 saturated carbocycles. The minimum absolute atomic E-state index is 0.0712. The minimum Gasteiger partial charge on any atom is -0.478 e. The number of benzene rings is 1. The van der Waals surface area contributed by atoms with Gasteiger partial charge < -0.3 is 9.90 Å². The van der Waals surface area contributed by atoms with Gasteiger partial charge in [0.15, 0.2) is 0 Å². The maximum Gasteiger partial charge on any atom is 0.416 e. The Balaban J connectivity index is 3.25. The van der Waals surface area contributed by atoms with Gasteiger partial charge in [-0.1, -0.05) is 13.0 Å². The van der Waals surface area contributed by atoms with Crippen LogP contribution in [0.5, 0.6) is 0 Å². The van der Waals surface area contributed by atoms with E-state index in [0.29, 0.717) is 12.4 Å². The second-order valence-corrected chi connectivity index (χ2v) is 3.99. The van der Waals surface area contributed by atoms with Gasteiger partial charge in [-0.2, -0.15) is 13.2 Å². The van der Waals surface area contributed by atoms with Crippen molar-refractivity contribution in [2.75, 3.05) is 0 Å². The van der Waals surface area contributed by atoms with Crippen molar-refractivity contribution in [3.63, 3.8) is 0 Å². The lowest BCUT2D eigenvalue weighted by Gasteiger charge is -2.14. The number of rotatable bonds is 4. The van der Waals surface area contributed by atoms with E-state index >= 15 is 0 Å². The summed E-state index contributed by atoms with van der Waals surface area (Å²) in [6.07, 6.45) is -4.15. The molecule has 0 saturated heterocycles. The number of halogens is 3. The Morgan fingerprint density at radius 3 is 2.50 bits per heavy atom. The lowest BCUT2D eigenvalue weighted by atomic mass is 9.95. The van der Waals surface area contributed by atoms with Gasteiger partial charge in [-0.3, -0.25) is 0 Å². The zero-order valence-electron chi connectivity index (χ0n) is 9.49. The molecule has 98 valence electrons. The summed E-state index contributed by atoms with van der Waals surface area (Å²) in [4.78, 5) is 21.1. The van der Waals surface area contributed by atoms with Crippen LogP contribution in [0.4, 0.5) is 13.2 Å². The molecule has 1 aromatic carbocycles. The Kier molecular flexibility index (Phi) is 4.11. The first kappa shape index (κ1) is 14.2. The van der Waals surface area contributed by atoms with Gasteiger partial charge in [-0.05, 0) is 24.1 Å². The third-order valence-corrected chi connectivity index (χ3v) is 2.44.